The van der Waals surface area contributed by atoms with E-state index in [1.807, 2.05) is 0 Å². The zero-order chi connectivity index (χ0) is 11.8. The number of fused-ring (bicyclic) bond motifs is 1. The summed E-state index contributed by atoms with van der Waals surface area (Å²) in [6.07, 6.45) is 3.76. The van der Waals surface area contributed by atoms with Gasteiger partial charge in [-0.2, -0.15) is 0 Å². The lowest BCUT2D eigenvalue weighted by Crippen LogP contribution is -2.02. The number of hydrogen-bond acceptors (Lipinski definition) is 2. The van der Waals surface area contributed by atoms with Gasteiger partial charge < -0.3 is 10.3 Å². The lowest BCUT2D eigenvalue weighted by atomic mass is 10.2. The second-order valence-electron chi connectivity index (χ2n) is 4.92. The van der Waals surface area contributed by atoms with Crippen molar-refractivity contribution in [2.45, 2.75) is 45.2 Å². The highest BCUT2D eigenvalue weighted by molar-refractivity contribution is 5.77. The number of aromatic nitrogens is 2. The normalized spacial score (nSPS) is 15.6. The highest BCUT2D eigenvalue weighted by Gasteiger charge is 2.29. The summed E-state index contributed by atoms with van der Waals surface area (Å²) in [7, 11) is 0. The molecule has 3 heteroatoms. The summed E-state index contributed by atoms with van der Waals surface area (Å²) in [6.45, 7) is 3.89. The van der Waals surface area contributed by atoms with Crippen LogP contribution in [-0.2, 0) is 13.1 Å². The Hall–Kier alpha value is -1.35. The molecular weight excluding hydrogens is 210 g/mol. The highest BCUT2D eigenvalue weighted by Crippen LogP contribution is 2.40. The van der Waals surface area contributed by atoms with Crippen molar-refractivity contribution in [2.24, 2.45) is 5.73 Å². The van der Waals surface area contributed by atoms with Crippen LogP contribution in [0.5, 0.6) is 0 Å². The predicted molar refractivity (Wildman–Crippen MR) is 69.9 cm³/mol. The van der Waals surface area contributed by atoms with Crippen LogP contribution in [-0.4, -0.2) is 9.55 Å². The summed E-state index contributed by atoms with van der Waals surface area (Å²) < 4.78 is 2.40. The van der Waals surface area contributed by atoms with E-state index in [1.165, 1.54) is 29.7 Å². The molecule has 3 rings (SSSR count). The molecule has 0 bridgehead atoms. The number of rotatable bonds is 4. The Bertz CT molecular complexity index is 538. The minimum Gasteiger partial charge on any atom is -0.328 e. The van der Waals surface area contributed by atoms with Gasteiger partial charge >= 0.3 is 0 Å². The molecule has 3 nitrogen and oxygen atoms in total. The average Bonchev–Trinajstić information content (AvgIpc) is 3.13. The van der Waals surface area contributed by atoms with Gasteiger partial charge in [0.2, 0.25) is 0 Å². The maximum atomic E-state index is 5.68. The van der Waals surface area contributed by atoms with Crippen molar-refractivity contribution in [3.8, 4) is 0 Å². The summed E-state index contributed by atoms with van der Waals surface area (Å²) in [6, 6.07) is 6.42. The van der Waals surface area contributed by atoms with E-state index in [0.29, 0.717) is 12.5 Å². The number of imidazole rings is 1. The molecule has 1 aliphatic rings. The van der Waals surface area contributed by atoms with Crippen LogP contribution in [0.3, 0.4) is 0 Å². The Morgan fingerprint density at radius 2 is 2.24 bits per heavy atom. The molecule has 1 aliphatic carbocycles. The average molecular weight is 229 g/mol. The van der Waals surface area contributed by atoms with E-state index in [4.69, 9.17) is 10.7 Å². The molecule has 1 aromatic heterocycles. The Morgan fingerprint density at radius 1 is 1.41 bits per heavy atom. The van der Waals surface area contributed by atoms with E-state index in [0.717, 1.165) is 18.5 Å². The first-order valence-electron chi connectivity index (χ1n) is 6.52. The Balaban J connectivity index is 2.15. The van der Waals surface area contributed by atoms with Crippen molar-refractivity contribution in [1.82, 2.24) is 9.55 Å². The third-order valence-corrected chi connectivity index (χ3v) is 3.47. The first-order valence-corrected chi connectivity index (χ1v) is 6.52. The number of hydrogen-bond donors (Lipinski definition) is 1. The van der Waals surface area contributed by atoms with E-state index >= 15 is 0 Å². The topological polar surface area (TPSA) is 43.8 Å². The summed E-state index contributed by atoms with van der Waals surface area (Å²) in [5.41, 5.74) is 9.23. The molecule has 0 aliphatic heterocycles. The molecule has 0 radical (unpaired) electrons. The molecule has 0 amide bonds. The van der Waals surface area contributed by atoms with Gasteiger partial charge in [0.15, 0.2) is 0 Å². The predicted octanol–water partition coefficient (Wildman–Crippen LogP) is 2.78. The van der Waals surface area contributed by atoms with Crippen molar-refractivity contribution in [2.75, 3.05) is 0 Å². The molecule has 0 spiro atoms. The molecule has 1 aromatic carbocycles. The van der Waals surface area contributed by atoms with Crippen LogP contribution in [0, 0.1) is 0 Å². The van der Waals surface area contributed by atoms with Gasteiger partial charge in [-0.15, -0.1) is 0 Å². The van der Waals surface area contributed by atoms with Crippen LogP contribution in [0.15, 0.2) is 18.2 Å². The van der Waals surface area contributed by atoms with Crippen LogP contribution in [0.4, 0.5) is 0 Å². The third kappa shape index (κ3) is 1.84. The Kier molecular flexibility index (Phi) is 2.63. The maximum absolute atomic E-state index is 5.68. The van der Waals surface area contributed by atoms with E-state index in [2.05, 4.69) is 29.7 Å². The van der Waals surface area contributed by atoms with Gasteiger partial charge in [0.25, 0.3) is 0 Å². The summed E-state index contributed by atoms with van der Waals surface area (Å²) in [4.78, 5) is 4.81. The molecule has 90 valence electrons. The second kappa shape index (κ2) is 4.15. The van der Waals surface area contributed by atoms with Crippen LogP contribution in [0.2, 0.25) is 0 Å². The lowest BCUT2D eigenvalue weighted by molar-refractivity contribution is 0.656. The van der Waals surface area contributed by atoms with Gasteiger partial charge in [-0.05, 0) is 37.0 Å². The van der Waals surface area contributed by atoms with E-state index in [9.17, 15) is 0 Å². The quantitative estimate of drug-likeness (QED) is 0.876. The fourth-order valence-electron chi connectivity index (χ4n) is 2.43. The smallest absolute Gasteiger partial charge is 0.112 e. The first-order chi connectivity index (χ1) is 8.33. The number of aryl methyl sites for hydroxylation is 1. The van der Waals surface area contributed by atoms with Crippen molar-refractivity contribution >= 4 is 11.0 Å². The van der Waals surface area contributed by atoms with Crippen molar-refractivity contribution in [3.05, 3.63) is 29.6 Å². The van der Waals surface area contributed by atoms with Crippen LogP contribution in [0.25, 0.3) is 11.0 Å². The molecule has 1 heterocycles. The summed E-state index contributed by atoms with van der Waals surface area (Å²) in [5, 5.41) is 0. The fourth-order valence-corrected chi connectivity index (χ4v) is 2.43. The maximum Gasteiger partial charge on any atom is 0.112 e. The molecule has 0 unspecified atom stereocenters. The molecular formula is C14H19N3. The first kappa shape index (κ1) is 10.8. The minimum atomic E-state index is 0.593. The number of nitrogens with zero attached hydrogens (tertiary/aromatic N) is 2. The SMILES string of the molecule is CCCn1c(C2CC2)nc2cc(CN)ccc21. The molecule has 1 fully saturated rings. The van der Waals surface area contributed by atoms with Gasteiger partial charge in [0.05, 0.1) is 11.0 Å². The van der Waals surface area contributed by atoms with E-state index in [-0.39, 0.29) is 0 Å². The number of nitrogens with two attached hydrogens (primary N) is 1. The lowest BCUT2D eigenvalue weighted by Gasteiger charge is -2.06. The van der Waals surface area contributed by atoms with Gasteiger partial charge in [0.1, 0.15) is 5.82 Å². The van der Waals surface area contributed by atoms with Gasteiger partial charge in [0, 0.05) is 19.0 Å². The third-order valence-electron chi connectivity index (χ3n) is 3.47. The van der Waals surface area contributed by atoms with Crippen molar-refractivity contribution < 1.29 is 0 Å². The van der Waals surface area contributed by atoms with Crippen LogP contribution < -0.4 is 5.73 Å². The van der Waals surface area contributed by atoms with E-state index in [1.54, 1.807) is 0 Å². The molecule has 0 saturated heterocycles. The zero-order valence-electron chi connectivity index (χ0n) is 10.3. The summed E-state index contributed by atoms with van der Waals surface area (Å²) >= 11 is 0. The molecule has 1 saturated carbocycles. The van der Waals surface area contributed by atoms with Gasteiger partial charge in [-0.1, -0.05) is 13.0 Å². The molecule has 0 atom stereocenters. The van der Waals surface area contributed by atoms with Gasteiger partial charge in [-0.25, -0.2) is 4.98 Å². The molecule has 2 N–H and O–H groups in total. The zero-order valence-corrected chi connectivity index (χ0v) is 10.3. The van der Waals surface area contributed by atoms with Crippen LogP contribution in [0.1, 0.15) is 43.5 Å². The molecule has 2 aromatic rings. The van der Waals surface area contributed by atoms with E-state index < -0.39 is 0 Å². The Morgan fingerprint density at radius 3 is 2.88 bits per heavy atom. The monoisotopic (exact) mass is 229 g/mol. The van der Waals surface area contributed by atoms with Crippen LogP contribution >= 0.6 is 0 Å². The second-order valence-corrected chi connectivity index (χ2v) is 4.92. The van der Waals surface area contributed by atoms with Crippen molar-refractivity contribution in [1.29, 1.82) is 0 Å². The standard InChI is InChI=1S/C14H19N3/c1-2-7-17-13-6-3-10(9-15)8-12(13)16-14(17)11-4-5-11/h3,6,8,11H,2,4-5,7,9,15H2,1H3. The minimum absolute atomic E-state index is 0.593. The fraction of sp³-hybridized carbons (Fsp3) is 0.500. The van der Waals surface area contributed by atoms with Gasteiger partial charge in [-0.3, -0.25) is 0 Å². The largest absolute Gasteiger partial charge is 0.328 e. The Labute approximate surface area is 102 Å². The summed E-state index contributed by atoms with van der Waals surface area (Å²) in [5.74, 6) is 1.99. The highest BCUT2D eigenvalue weighted by atomic mass is 15.1. The molecule has 17 heavy (non-hydrogen) atoms. The van der Waals surface area contributed by atoms with Crippen molar-refractivity contribution in [3.63, 3.8) is 0 Å². The number of benzene rings is 1.